The number of allylic oxidation sites excluding steroid dienone is 1. The van der Waals surface area contributed by atoms with Crippen molar-refractivity contribution in [3.63, 3.8) is 0 Å². The Morgan fingerprint density at radius 3 is 1.52 bits per heavy atom. The van der Waals surface area contributed by atoms with Gasteiger partial charge in [-0.05, 0) is 163 Å². The predicted molar refractivity (Wildman–Crippen MR) is 269 cm³/mol. The fourth-order valence-electron chi connectivity index (χ4n) is 9.10. The third-order valence-corrected chi connectivity index (χ3v) is 12.4. The second-order valence-electron chi connectivity index (χ2n) is 16.9. The summed E-state index contributed by atoms with van der Waals surface area (Å²) in [6.07, 6.45) is 5.63. The van der Waals surface area contributed by atoms with Crippen molar-refractivity contribution >= 4 is 81.5 Å². The maximum atomic E-state index is 2.28. The van der Waals surface area contributed by atoms with E-state index in [1.54, 1.807) is 0 Å². The van der Waals surface area contributed by atoms with Crippen LogP contribution in [-0.4, -0.2) is 0 Å². The zero-order valence-electron chi connectivity index (χ0n) is 36.2. The molecule has 0 aromatic heterocycles. The zero-order chi connectivity index (χ0) is 42.0. The molecule has 0 saturated heterocycles. The average molecular weight is 785 g/mol. The lowest BCUT2D eigenvalue weighted by Gasteiger charge is -2.16. The minimum Gasteiger partial charge on any atom is -0.0795 e. The van der Waals surface area contributed by atoms with Gasteiger partial charge in [-0.1, -0.05) is 199 Å². The van der Waals surface area contributed by atoms with Crippen LogP contribution in [0.25, 0.3) is 81.5 Å². The third kappa shape index (κ3) is 8.15. The molecular formula is C61H52. The van der Waals surface area contributed by atoms with E-state index in [4.69, 9.17) is 0 Å². The lowest BCUT2D eigenvalue weighted by Crippen LogP contribution is -1.97. The summed E-state index contributed by atoms with van der Waals surface area (Å²) in [5, 5.41) is 18.9. The van der Waals surface area contributed by atoms with Crippen LogP contribution in [-0.2, 0) is 6.42 Å². The van der Waals surface area contributed by atoms with Crippen LogP contribution in [0, 0.1) is 41.5 Å². The lowest BCUT2D eigenvalue weighted by molar-refractivity contribution is 1.23. The van der Waals surface area contributed by atoms with Crippen LogP contribution in [0.2, 0.25) is 0 Å². The minimum absolute atomic E-state index is 1.08. The summed E-state index contributed by atoms with van der Waals surface area (Å²) >= 11 is 0. The molecule has 0 fully saturated rings. The van der Waals surface area contributed by atoms with Crippen molar-refractivity contribution in [3.05, 3.63) is 233 Å². The SMILES string of the molecule is Cc1ccc2c(c1)cc(C)c1ccccc12.Cc1ccc2cc3ccccc3cc2c1.Cc1ccc2ccc(C)c3c2c1C=CC3.Cc1ccc2ccc3ccccc3c2c1. The normalized spacial score (nSPS) is 11.6. The highest BCUT2D eigenvalue weighted by Crippen LogP contribution is 2.33. The lowest BCUT2D eigenvalue weighted by atomic mass is 9.88. The molecule has 61 heavy (non-hydrogen) atoms. The molecule has 296 valence electrons. The highest BCUT2D eigenvalue weighted by atomic mass is 14.2. The van der Waals surface area contributed by atoms with E-state index in [1.807, 2.05) is 0 Å². The molecule has 0 aliphatic heterocycles. The molecule has 0 bridgehead atoms. The standard InChI is InChI=1S/C16H14.C15H14.2C15H12/c1-11-7-8-15-13(9-11)10-12(2)14-5-3-4-6-16(14)15;1-10-6-8-12-9-7-11(2)14-5-3-4-13(10)15(12)14;1-11-6-7-14-9-12-4-2-3-5-13(12)10-15(14)8-11;1-11-6-7-13-9-8-12-4-2-3-5-14(12)15(13)10-11/h3-10H,1-2H3;3-4,6-9H,5H2,1-2H3;2*2-10H,1H3. The van der Waals surface area contributed by atoms with Gasteiger partial charge in [-0.2, -0.15) is 0 Å². The Labute approximate surface area is 360 Å². The first-order chi connectivity index (χ1) is 29.7. The van der Waals surface area contributed by atoms with Gasteiger partial charge in [0.25, 0.3) is 0 Å². The Morgan fingerprint density at radius 2 is 0.787 bits per heavy atom. The molecule has 0 amide bonds. The summed E-state index contributed by atoms with van der Waals surface area (Å²) in [6, 6.07) is 65.6. The molecule has 0 heterocycles. The average Bonchev–Trinajstić information content (AvgIpc) is 3.28. The minimum atomic E-state index is 1.08. The van der Waals surface area contributed by atoms with Crippen molar-refractivity contribution in [3.8, 4) is 0 Å². The van der Waals surface area contributed by atoms with E-state index in [9.17, 15) is 0 Å². The summed E-state index contributed by atoms with van der Waals surface area (Å²) in [6.45, 7) is 13.0. The van der Waals surface area contributed by atoms with Gasteiger partial charge in [0.05, 0.1) is 0 Å². The number of fused-ring (bicyclic) bond motifs is 8. The largest absolute Gasteiger partial charge is 0.0795 e. The molecule has 0 unspecified atom stereocenters. The van der Waals surface area contributed by atoms with Gasteiger partial charge in [0.2, 0.25) is 0 Å². The smallest absolute Gasteiger partial charge is 0.00710 e. The monoisotopic (exact) mass is 784 g/mol. The molecule has 0 atom stereocenters. The van der Waals surface area contributed by atoms with Gasteiger partial charge in [-0.3, -0.25) is 0 Å². The van der Waals surface area contributed by atoms with Crippen LogP contribution >= 0.6 is 0 Å². The van der Waals surface area contributed by atoms with Gasteiger partial charge in [0.1, 0.15) is 0 Å². The van der Waals surface area contributed by atoms with Crippen molar-refractivity contribution in [1.82, 2.24) is 0 Å². The van der Waals surface area contributed by atoms with Crippen LogP contribution in [0.3, 0.4) is 0 Å². The van der Waals surface area contributed by atoms with Gasteiger partial charge in [-0.15, -0.1) is 0 Å². The van der Waals surface area contributed by atoms with Gasteiger partial charge in [0.15, 0.2) is 0 Å². The maximum Gasteiger partial charge on any atom is -0.00710 e. The van der Waals surface area contributed by atoms with Crippen LogP contribution in [0.15, 0.2) is 188 Å². The molecule has 11 aromatic rings. The quantitative estimate of drug-likeness (QED) is 0.106. The second-order valence-corrected chi connectivity index (χ2v) is 16.9. The van der Waals surface area contributed by atoms with Crippen molar-refractivity contribution < 1.29 is 0 Å². The van der Waals surface area contributed by atoms with E-state index < -0.39 is 0 Å². The van der Waals surface area contributed by atoms with Gasteiger partial charge in [0, 0.05) is 0 Å². The van der Waals surface area contributed by atoms with Crippen molar-refractivity contribution in [2.24, 2.45) is 0 Å². The fourth-order valence-corrected chi connectivity index (χ4v) is 9.10. The number of benzene rings is 11. The van der Waals surface area contributed by atoms with Crippen LogP contribution in [0.1, 0.15) is 44.5 Å². The number of aryl methyl sites for hydroxylation is 6. The maximum absolute atomic E-state index is 2.28. The van der Waals surface area contributed by atoms with Crippen molar-refractivity contribution in [1.29, 1.82) is 0 Å². The Kier molecular flexibility index (Phi) is 10.9. The molecule has 0 spiro atoms. The first-order valence-electron chi connectivity index (χ1n) is 21.5. The predicted octanol–water partition coefficient (Wildman–Crippen LogP) is 17.2. The zero-order valence-corrected chi connectivity index (χ0v) is 36.2. The van der Waals surface area contributed by atoms with E-state index in [-0.39, 0.29) is 0 Å². The molecule has 12 rings (SSSR count). The molecule has 0 radical (unpaired) electrons. The second kappa shape index (κ2) is 16.9. The molecule has 0 heteroatoms. The van der Waals surface area contributed by atoms with Gasteiger partial charge >= 0.3 is 0 Å². The summed E-state index contributed by atoms with van der Waals surface area (Å²) in [5.74, 6) is 0. The summed E-state index contributed by atoms with van der Waals surface area (Å²) in [4.78, 5) is 0. The summed E-state index contributed by atoms with van der Waals surface area (Å²) in [7, 11) is 0. The number of hydrogen-bond donors (Lipinski definition) is 0. The molecule has 11 aromatic carbocycles. The first-order valence-corrected chi connectivity index (χ1v) is 21.5. The van der Waals surface area contributed by atoms with E-state index in [0.29, 0.717) is 0 Å². The highest BCUT2D eigenvalue weighted by Gasteiger charge is 2.12. The third-order valence-electron chi connectivity index (χ3n) is 12.4. The molecule has 1 aliphatic rings. The van der Waals surface area contributed by atoms with Crippen molar-refractivity contribution in [2.75, 3.05) is 0 Å². The fraction of sp³-hybridized carbons (Fsp3) is 0.115. The highest BCUT2D eigenvalue weighted by molar-refractivity contribution is 6.09. The summed E-state index contributed by atoms with van der Waals surface area (Å²) in [5.41, 5.74) is 11.0. The summed E-state index contributed by atoms with van der Waals surface area (Å²) < 4.78 is 0. The van der Waals surface area contributed by atoms with E-state index >= 15 is 0 Å². The first kappa shape index (κ1) is 39.4. The molecule has 0 N–H and O–H groups in total. The molecule has 0 nitrogen and oxygen atoms in total. The van der Waals surface area contributed by atoms with E-state index in [1.165, 1.54) is 120 Å². The van der Waals surface area contributed by atoms with Gasteiger partial charge in [-0.25, -0.2) is 0 Å². The van der Waals surface area contributed by atoms with Gasteiger partial charge < -0.3 is 0 Å². The van der Waals surface area contributed by atoms with Crippen LogP contribution in [0.4, 0.5) is 0 Å². The molecule has 1 aliphatic carbocycles. The van der Waals surface area contributed by atoms with E-state index in [2.05, 4.69) is 236 Å². The van der Waals surface area contributed by atoms with Crippen molar-refractivity contribution in [2.45, 2.75) is 48.0 Å². The van der Waals surface area contributed by atoms with Crippen LogP contribution < -0.4 is 0 Å². The number of hydrogen-bond acceptors (Lipinski definition) is 0. The molecule has 0 saturated carbocycles. The Morgan fingerprint density at radius 1 is 0.295 bits per heavy atom. The van der Waals surface area contributed by atoms with Crippen LogP contribution in [0.5, 0.6) is 0 Å². The Bertz CT molecular complexity index is 3430. The number of rotatable bonds is 0. The Balaban J connectivity index is 0.000000104. The molecular weight excluding hydrogens is 733 g/mol. The Hall–Kier alpha value is -7.02. The van der Waals surface area contributed by atoms with E-state index in [0.717, 1.165) is 6.42 Å². The topological polar surface area (TPSA) is 0 Å².